The Morgan fingerprint density at radius 2 is 1.76 bits per heavy atom. The average molecular weight is 444 g/mol. The number of sulfonamides is 1. The predicted octanol–water partition coefficient (Wildman–Crippen LogP) is 3.83. The lowest BCUT2D eigenvalue weighted by Crippen LogP contribution is -2.15. The minimum Gasteiger partial charge on any atom is -0.279 e. The van der Waals surface area contributed by atoms with E-state index in [4.69, 9.17) is 0 Å². The minimum absolute atomic E-state index is 0.0404. The quantitative estimate of drug-likeness (QED) is 0.687. The highest BCUT2D eigenvalue weighted by Gasteiger charge is 2.20. The first-order valence-corrected chi connectivity index (χ1v) is 11.2. The van der Waals surface area contributed by atoms with E-state index in [-0.39, 0.29) is 21.2 Å². The van der Waals surface area contributed by atoms with Crippen LogP contribution in [0.5, 0.6) is 0 Å². The van der Waals surface area contributed by atoms with E-state index in [0.717, 1.165) is 5.56 Å². The van der Waals surface area contributed by atoms with Gasteiger partial charge in [-0.05, 0) is 65.2 Å². The van der Waals surface area contributed by atoms with Gasteiger partial charge in [-0.1, -0.05) is 18.2 Å². The lowest BCUT2D eigenvalue weighted by atomic mass is 10.2. The second-order valence-electron chi connectivity index (χ2n) is 5.59. The first-order valence-electron chi connectivity index (χ1n) is 7.30. The molecule has 0 bridgehead atoms. The zero-order valence-corrected chi connectivity index (χ0v) is 17.0. The van der Waals surface area contributed by atoms with Crippen LogP contribution >= 0.6 is 15.9 Å². The van der Waals surface area contributed by atoms with Gasteiger partial charge in [0.1, 0.15) is 4.90 Å². The molecule has 134 valence electrons. The summed E-state index contributed by atoms with van der Waals surface area (Å²) in [6.07, 6.45) is 1.29. The van der Waals surface area contributed by atoms with Gasteiger partial charge >= 0.3 is 0 Å². The predicted molar refractivity (Wildman–Crippen MR) is 103 cm³/mol. The van der Waals surface area contributed by atoms with Gasteiger partial charge in [-0.2, -0.15) is 0 Å². The van der Waals surface area contributed by atoms with Crippen molar-refractivity contribution < 1.29 is 16.8 Å². The molecule has 5 nitrogen and oxygen atoms in total. The molecule has 1 N–H and O–H groups in total. The summed E-state index contributed by atoms with van der Waals surface area (Å²) in [6.45, 7) is 6.99. The summed E-state index contributed by atoms with van der Waals surface area (Å²) >= 11 is 3.26. The third-order valence-corrected chi connectivity index (χ3v) is 7.52. The molecule has 0 heterocycles. The number of nitrogens with one attached hydrogen (secondary N) is 1. The number of benzene rings is 2. The van der Waals surface area contributed by atoms with Crippen molar-refractivity contribution in [3.05, 3.63) is 64.7 Å². The summed E-state index contributed by atoms with van der Waals surface area (Å²) in [4.78, 5) is 0.121. The number of anilines is 1. The van der Waals surface area contributed by atoms with Gasteiger partial charge in [-0.3, -0.25) is 4.72 Å². The molecule has 8 heteroatoms. The average Bonchev–Trinajstić information content (AvgIpc) is 2.48. The van der Waals surface area contributed by atoms with Crippen molar-refractivity contribution in [2.75, 3.05) is 10.5 Å². The molecule has 2 aromatic rings. The first-order chi connectivity index (χ1) is 11.6. The molecule has 0 aliphatic carbocycles. The fraction of sp³-hybridized carbons (Fsp3) is 0.176. The monoisotopic (exact) mass is 443 g/mol. The van der Waals surface area contributed by atoms with E-state index >= 15 is 0 Å². The molecule has 0 saturated heterocycles. The van der Waals surface area contributed by atoms with E-state index in [9.17, 15) is 16.8 Å². The molecule has 2 rings (SSSR count). The van der Waals surface area contributed by atoms with Crippen LogP contribution in [0.25, 0.3) is 0 Å². The summed E-state index contributed by atoms with van der Waals surface area (Å²) < 4.78 is 52.6. The molecule has 0 aliphatic rings. The van der Waals surface area contributed by atoms with Gasteiger partial charge in [0.05, 0.1) is 16.3 Å². The summed E-state index contributed by atoms with van der Waals surface area (Å²) in [7, 11) is -7.42. The molecular weight excluding hydrogens is 426 g/mol. The largest absolute Gasteiger partial charge is 0.279 e. The van der Waals surface area contributed by atoms with Crippen molar-refractivity contribution in [3.8, 4) is 0 Å². The second kappa shape index (κ2) is 7.31. The summed E-state index contributed by atoms with van der Waals surface area (Å²) in [5.41, 5.74) is 1.75. The fourth-order valence-corrected chi connectivity index (χ4v) is 5.57. The summed E-state index contributed by atoms with van der Waals surface area (Å²) in [5.74, 6) is -0.217. The third kappa shape index (κ3) is 4.50. The standard InChI is InChI=1S/C17H18BrNO4S2/c1-4-9-24(20,21)14-7-6-13(3)16(11-14)19-25(22,23)17-8-5-12(2)10-15(17)18/h4-8,10-11,19H,1,9H2,2-3H3. The molecule has 0 amide bonds. The molecule has 0 aliphatic heterocycles. The Hall–Kier alpha value is -1.64. The maximum atomic E-state index is 12.7. The highest BCUT2D eigenvalue weighted by Crippen LogP contribution is 2.28. The highest BCUT2D eigenvalue weighted by molar-refractivity contribution is 9.10. The number of rotatable bonds is 6. The summed E-state index contributed by atoms with van der Waals surface area (Å²) in [6, 6.07) is 9.23. The van der Waals surface area contributed by atoms with Crippen molar-refractivity contribution in [1.29, 1.82) is 0 Å². The van der Waals surface area contributed by atoms with Gasteiger partial charge in [0, 0.05) is 4.47 Å². The molecule has 0 saturated carbocycles. The smallest absolute Gasteiger partial charge is 0.263 e. The molecule has 0 unspecified atom stereocenters. The van der Waals surface area contributed by atoms with Crippen LogP contribution in [0.1, 0.15) is 11.1 Å². The Labute approximate surface area is 156 Å². The molecular formula is C17H18BrNO4S2. The number of hydrogen-bond donors (Lipinski definition) is 1. The molecule has 0 radical (unpaired) electrons. The molecule has 0 atom stereocenters. The maximum absolute atomic E-state index is 12.7. The van der Waals surface area contributed by atoms with Gasteiger partial charge in [0.25, 0.3) is 10.0 Å². The van der Waals surface area contributed by atoms with Gasteiger partial charge < -0.3 is 0 Å². The topological polar surface area (TPSA) is 80.3 Å². The Balaban J connectivity index is 2.47. The van der Waals surface area contributed by atoms with E-state index in [1.807, 2.05) is 6.92 Å². The second-order valence-corrected chi connectivity index (χ2v) is 10.1. The maximum Gasteiger partial charge on any atom is 0.263 e. The van der Waals surface area contributed by atoms with Crippen LogP contribution in [0.2, 0.25) is 0 Å². The normalized spacial score (nSPS) is 12.0. The van der Waals surface area contributed by atoms with Crippen LogP contribution in [0.4, 0.5) is 5.69 Å². The Morgan fingerprint density at radius 1 is 1.08 bits per heavy atom. The van der Waals surface area contributed by atoms with E-state index in [2.05, 4.69) is 27.2 Å². The van der Waals surface area contributed by atoms with E-state index in [0.29, 0.717) is 10.0 Å². The molecule has 25 heavy (non-hydrogen) atoms. The molecule has 0 spiro atoms. The van der Waals surface area contributed by atoms with Crippen LogP contribution in [0.15, 0.2) is 63.3 Å². The van der Waals surface area contributed by atoms with Gasteiger partial charge in [-0.25, -0.2) is 16.8 Å². The van der Waals surface area contributed by atoms with Gasteiger partial charge in [0.2, 0.25) is 0 Å². The Kier molecular flexibility index (Phi) is 5.75. The van der Waals surface area contributed by atoms with Crippen LogP contribution in [-0.2, 0) is 19.9 Å². The lowest BCUT2D eigenvalue weighted by Gasteiger charge is -2.13. The van der Waals surface area contributed by atoms with Crippen molar-refractivity contribution in [3.63, 3.8) is 0 Å². The number of hydrogen-bond acceptors (Lipinski definition) is 4. The van der Waals surface area contributed by atoms with Crippen molar-refractivity contribution in [2.24, 2.45) is 0 Å². The van der Waals surface area contributed by atoms with Crippen molar-refractivity contribution in [1.82, 2.24) is 0 Å². The number of aryl methyl sites for hydroxylation is 2. The van der Waals surface area contributed by atoms with Gasteiger partial charge in [-0.15, -0.1) is 6.58 Å². The Bertz CT molecular complexity index is 1030. The van der Waals surface area contributed by atoms with E-state index in [1.54, 1.807) is 25.1 Å². The van der Waals surface area contributed by atoms with E-state index < -0.39 is 19.9 Å². The Morgan fingerprint density at radius 3 is 2.36 bits per heavy atom. The van der Waals surface area contributed by atoms with Crippen molar-refractivity contribution >= 4 is 41.5 Å². The SMILES string of the molecule is C=CCS(=O)(=O)c1ccc(C)c(NS(=O)(=O)c2ccc(C)cc2Br)c1. The van der Waals surface area contributed by atoms with Crippen LogP contribution in [0.3, 0.4) is 0 Å². The minimum atomic E-state index is -3.87. The zero-order valence-electron chi connectivity index (χ0n) is 13.8. The van der Waals surface area contributed by atoms with Crippen LogP contribution in [0, 0.1) is 13.8 Å². The van der Waals surface area contributed by atoms with Crippen LogP contribution < -0.4 is 4.72 Å². The number of sulfone groups is 1. The first kappa shape index (κ1) is 19.7. The fourth-order valence-electron chi connectivity index (χ4n) is 2.18. The zero-order chi connectivity index (χ0) is 18.8. The lowest BCUT2D eigenvalue weighted by molar-refractivity contribution is 0.597. The third-order valence-electron chi connectivity index (χ3n) is 3.53. The summed E-state index contributed by atoms with van der Waals surface area (Å²) in [5, 5.41) is 0. The van der Waals surface area contributed by atoms with E-state index in [1.165, 1.54) is 24.3 Å². The molecule has 0 fully saturated rings. The molecule has 0 aromatic heterocycles. The molecule has 2 aromatic carbocycles. The van der Waals surface area contributed by atoms with Crippen molar-refractivity contribution in [2.45, 2.75) is 23.6 Å². The highest BCUT2D eigenvalue weighted by atomic mass is 79.9. The van der Waals surface area contributed by atoms with Crippen LogP contribution in [-0.4, -0.2) is 22.6 Å². The number of halogens is 1. The van der Waals surface area contributed by atoms with Gasteiger partial charge in [0.15, 0.2) is 9.84 Å².